The number of thiophene rings is 1. The molecule has 0 N–H and O–H groups in total. The van der Waals surface area contributed by atoms with Gasteiger partial charge in [0.15, 0.2) is 0 Å². The number of carbonyl (C=O) groups is 2. The fraction of sp³-hybridized carbons (Fsp3) is 0.400. The van der Waals surface area contributed by atoms with Gasteiger partial charge in [0.25, 0.3) is 5.91 Å². The smallest absolute Gasteiger partial charge is 0.254 e. The summed E-state index contributed by atoms with van der Waals surface area (Å²) in [5.74, 6) is -0.224. The van der Waals surface area contributed by atoms with Gasteiger partial charge in [-0.15, -0.1) is 0 Å². The normalized spacial score (nSPS) is 21.1. The third-order valence-electron chi connectivity index (χ3n) is 5.30. The third kappa shape index (κ3) is 3.89. The van der Waals surface area contributed by atoms with Crippen molar-refractivity contribution in [1.29, 1.82) is 0 Å². The average molecular weight is 387 g/mol. The van der Waals surface area contributed by atoms with Crippen LogP contribution in [-0.2, 0) is 11.3 Å². The Bertz CT molecular complexity index is 809. The zero-order chi connectivity index (χ0) is 18.8. The molecule has 0 saturated carbocycles. The summed E-state index contributed by atoms with van der Waals surface area (Å²) in [5.41, 5.74) is 1.61. The van der Waals surface area contributed by atoms with Gasteiger partial charge in [0.2, 0.25) is 5.91 Å². The molecule has 142 valence electrons. The maximum atomic E-state index is 13.1. The molecule has 2 aliphatic heterocycles. The summed E-state index contributed by atoms with van der Waals surface area (Å²) in [7, 11) is 0. The summed E-state index contributed by atoms with van der Waals surface area (Å²) >= 11 is 1.50. The molecule has 4 rings (SSSR count). The summed E-state index contributed by atoms with van der Waals surface area (Å²) in [6.45, 7) is 3.86. The molecule has 1 unspecified atom stereocenters. The highest BCUT2D eigenvalue weighted by Crippen LogP contribution is 2.21. The Balaban J connectivity index is 1.48. The van der Waals surface area contributed by atoms with Gasteiger partial charge in [-0.3, -0.25) is 14.5 Å². The van der Waals surface area contributed by atoms with Crippen LogP contribution in [0, 0.1) is 5.82 Å². The van der Waals surface area contributed by atoms with Gasteiger partial charge in [-0.05, 0) is 35.6 Å². The minimum Gasteiger partial charge on any atom is -0.336 e. The summed E-state index contributed by atoms with van der Waals surface area (Å²) in [6.07, 6.45) is 0.873. The van der Waals surface area contributed by atoms with E-state index in [0.717, 1.165) is 25.1 Å². The molecule has 1 atom stereocenters. The lowest BCUT2D eigenvalue weighted by Gasteiger charge is -2.40. The first-order valence-electron chi connectivity index (χ1n) is 9.20. The number of amides is 2. The number of hydrogen-bond acceptors (Lipinski definition) is 4. The van der Waals surface area contributed by atoms with E-state index in [4.69, 9.17) is 0 Å². The molecule has 1 aromatic carbocycles. The van der Waals surface area contributed by atoms with Crippen LogP contribution >= 0.6 is 11.3 Å². The molecule has 2 aromatic rings. The molecule has 0 bridgehead atoms. The van der Waals surface area contributed by atoms with Gasteiger partial charge in [0, 0.05) is 44.6 Å². The lowest BCUT2D eigenvalue weighted by molar-refractivity contribution is -0.142. The number of benzene rings is 1. The van der Waals surface area contributed by atoms with Gasteiger partial charge in [0.05, 0.1) is 5.56 Å². The van der Waals surface area contributed by atoms with E-state index in [0.29, 0.717) is 31.7 Å². The summed E-state index contributed by atoms with van der Waals surface area (Å²) in [5, 5.41) is 3.75. The summed E-state index contributed by atoms with van der Waals surface area (Å²) in [4.78, 5) is 31.7. The molecule has 7 heteroatoms. The summed E-state index contributed by atoms with van der Waals surface area (Å²) in [6, 6.07) is 7.80. The van der Waals surface area contributed by atoms with Crippen molar-refractivity contribution in [2.24, 2.45) is 0 Å². The quantitative estimate of drug-likeness (QED) is 0.813. The average Bonchev–Trinajstić information content (AvgIpc) is 3.12. The molecule has 1 aromatic heterocycles. The van der Waals surface area contributed by atoms with Crippen molar-refractivity contribution in [1.82, 2.24) is 14.7 Å². The highest BCUT2D eigenvalue weighted by molar-refractivity contribution is 7.08. The van der Waals surface area contributed by atoms with Gasteiger partial charge >= 0.3 is 0 Å². The van der Waals surface area contributed by atoms with Crippen LogP contribution in [-0.4, -0.2) is 65.3 Å². The highest BCUT2D eigenvalue weighted by Gasteiger charge is 2.38. The predicted molar refractivity (Wildman–Crippen MR) is 102 cm³/mol. The molecule has 2 aliphatic rings. The molecular formula is C20H22FN3O2S. The van der Waals surface area contributed by atoms with Crippen LogP contribution < -0.4 is 0 Å². The number of nitrogens with zero attached hydrogens (tertiary/aromatic N) is 3. The van der Waals surface area contributed by atoms with Crippen LogP contribution in [0.5, 0.6) is 0 Å². The minimum atomic E-state index is -0.302. The maximum Gasteiger partial charge on any atom is 0.254 e. The number of carbonyl (C=O) groups excluding carboxylic acids is 2. The molecule has 0 spiro atoms. The minimum absolute atomic E-state index is 0.00144. The van der Waals surface area contributed by atoms with Crippen molar-refractivity contribution < 1.29 is 14.0 Å². The Labute approximate surface area is 162 Å². The third-order valence-corrected chi connectivity index (χ3v) is 5.99. The lowest BCUT2D eigenvalue weighted by Crippen LogP contribution is -2.59. The fourth-order valence-electron chi connectivity index (χ4n) is 3.83. The largest absolute Gasteiger partial charge is 0.336 e. The number of rotatable bonds is 3. The first-order valence-corrected chi connectivity index (χ1v) is 10.1. The second-order valence-corrected chi connectivity index (χ2v) is 7.83. The maximum absolute atomic E-state index is 13.1. The molecule has 27 heavy (non-hydrogen) atoms. The van der Waals surface area contributed by atoms with Crippen LogP contribution in [0.1, 0.15) is 22.3 Å². The van der Waals surface area contributed by atoms with E-state index in [1.807, 2.05) is 26.6 Å². The van der Waals surface area contributed by atoms with E-state index in [-0.39, 0.29) is 23.7 Å². The van der Waals surface area contributed by atoms with E-state index in [1.54, 1.807) is 12.1 Å². The van der Waals surface area contributed by atoms with Crippen molar-refractivity contribution in [3.63, 3.8) is 0 Å². The molecule has 0 radical (unpaired) electrons. The molecule has 0 aliphatic carbocycles. The molecule has 5 nitrogen and oxygen atoms in total. The molecule has 2 amide bonds. The Morgan fingerprint density at radius 3 is 2.67 bits per heavy atom. The van der Waals surface area contributed by atoms with Crippen LogP contribution in [0.2, 0.25) is 0 Å². The van der Waals surface area contributed by atoms with Gasteiger partial charge in [-0.1, -0.05) is 12.1 Å². The zero-order valence-corrected chi connectivity index (χ0v) is 15.8. The number of hydrogen-bond donors (Lipinski definition) is 0. The Hall–Kier alpha value is -2.25. The number of halogens is 1. The fourth-order valence-corrected chi connectivity index (χ4v) is 4.46. The van der Waals surface area contributed by atoms with Crippen molar-refractivity contribution in [2.75, 3.05) is 32.7 Å². The Morgan fingerprint density at radius 1 is 1.11 bits per heavy atom. The van der Waals surface area contributed by atoms with E-state index in [9.17, 15) is 14.0 Å². The van der Waals surface area contributed by atoms with Crippen molar-refractivity contribution >= 4 is 23.2 Å². The van der Waals surface area contributed by atoms with Gasteiger partial charge in [-0.25, -0.2) is 4.39 Å². The summed E-state index contributed by atoms with van der Waals surface area (Å²) < 4.78 is 13.1. The van der Waals surface area contributed by atoms with Crippen molar-refractivity contribution in [3.05, 3.63) is 58.0 Å². The van der Waals surface area contributed by atoms with Gasteiger partial charge in [-0.2, -0.15) is 11.3 Å². The van der Waals surface area contributed by atoms with Crippen LogP contribution in [0.3, 0.4) is 0 Å². The van der Waals surface area contributed by atoms with Crippen molar-refractivity contribution in [2.45, 2.75) is 19.0 Å². The van der Waals surface area contributed by atoms with E-state index in [1.165, 1.54) is 23.5 Å². The topological polar surface area (TPSA) is 43.9 Å². The first kappa shape index (κ1) is 18.1. The second-order valence-electron chi connectivity index (χ2n) is 7.05. The van der Waals surface area contributed by atoms with E-state index >= 15 is 0 Å². The van der Waals surface area contributed by atoms with E-state index < -0.39 is 0 Å². The molecule has 2 saturated heterocycles. The second kappa shape index (κ2) is 7.78. The standard InChI is InChI=1S/C20H22FN3O2S/c21-17-4-2-15(3-5-17)12-24-10-9-22-7-1-8-23(13-18(22)20(24)26)19(25)16-6-11-27-14-16/h2-6,11,14,18H,1,7-10,12-13H2. The monoisotopic (exact) mass is 387 g/mol. The van der Waals surface area contributed by atoms with Gasteiger partial charge < -0.3 is 9.80 Å². The lowest BCUT2D eigenvalue weighted by atomic mass is 10.1. The number of fused-ring (bicyclic) bond motifs is 1. The SMILES string of the molecule is O=C(c1ccsc1)N1CCCN2CCN(Cc3ccc(F)cc3)C(=O)C2C1. The van der Waals surface area contributed by atoms with Gasteiger partial charge in [0.1, 0.15) is 11.9 Å². The number of piperazine rings is 1. The Morgan fingerprint density at radius 2 is 1.93 bits per heavy atom. The van der Waals surface area contributed by atoms with E-state index in [2.05, 4.69) is 4.90 Å². The molecular weight excluding hydrogens is 365 g/mol. The highest BCUT2D eigenvalue weighted by atomic mass is 32.1. The zero-order valence-electron chi connectivity index (χ0n) is 15.0. The van der Waals surface area contributed by atoms with Crippen LogP contribution in [0.4, 0.5) is 4.39 Å². The van der Waals surface area contributed by atoms with Crippen LogP contribution in [0.25, 0.3) is 0 Å². The molecule has 2 fully saturated rings. The van der Waals surface area contributed by atoms with Crippen molar-refractivity contribution in [3.8, 4) is 0 Å². The first-order chi connectivity index (χ1) is 13.1. The van der Waals surface area contributed by atoms with Crippen LogP contribution in [0.15, 0.2) is 41.1 Å². The predicted octanol–water partition coefficient (Wildman–Crippen LogP) is 2.45. The Kier molecular flexibility index (Phi) is 5.22. The molecule has 3 heterocycles.